The van der Waals surface area contributed by atoms with Gasteiger partial charge in [0.1, 0.15) is 10.7 Å². The Hall–Kier alpha value is -3.19. The lowest BCUT2D eigenvalue weighted by Crippen LogP contribution is -2.15. The molecule has 0 saturated heterocycles. The molecule has 0 aliphatic rings. The number of aromatic nitrogens is 1. The van der Waals surface area contributed by atoms with Gasteiger partial charge in [0.15, 0.2) is 0 Å². The second-order valence-electron chi connectivity index (χ2n) is 5.26. The molecule has 1 N–H and O–H groups in total. The highest BCUT2D eigenvalue weighted by molar-refractivity contribution is 7.21. The van der Waals surface area contributed by atoms with Crippen molar-refractivity contribution in [3.05, 3.63) is 60.3 Å². The Morgan fingerprint density at radius 3 is 2.42 bits per heavy atom. The molecule has 0 bridgehead atoms. The fraction of sp³-hybridized carbons (Fsp3) is 0.105. The summed E-state index contributed by atoms with van der Waals surface area (Å²) in [6, 6.07) is 15.4. The minimum Gasteiger partial charge on any atom is -0.466 e. The standard InChI is InChI=1S/C19H16N2O4S/c1-24-17(22)11-15(19(23)25-2)20-13-9-7-12(8-10-13)18-21-14-5-3-4-6-16(14)26-18/h3-11,20H,1-2H3/b15-11+. The van der Waals surface area contributed by atoms with Crippen molar-refractivity contribution >= 4 is 39.2 Å². The van der Waals surface area contributed by atoms with E-state index >= 15 is 0 Å². The van der Waals surface area contributed by atoms with Gasteiger partial charge in [0, 0.05) is 11.3 Å². The van der Waals surface area contributed by atoms with Gasteiger partial charge in [0.05, 0.1) is 30.5 Å². The molecule has 0 amide bonds. The Balaban J connectivity index is 1.83. The second kappa shape index (κ2) is 7.79. The Morgan fingerprint density at radius 2 is 1.77 bits per heavy atom. The first kappa shape index (κ1) is 17.6. The van der Waals surface area contributed by atoms with E-state index in [1.54, 1.807) is 23.5 Å². The predicted molar refractivity (Wildman–Crippen MR) is 101 cm³/mol. The summed E-state index contributed by atoms with van der Waals surface area (Å²) in [5, 5.41) is 3.78. The minimum atomic E-state index is -0.661. The van der Waals surface area contributed by atoms with Crippen LogP contribution in [0, 0.1) is 0 Å². The molecule has 0 spiro atoms. The number of hydrogen-bond donors (Lipinski definition) is 1. The molecule has 0 unspecified atom stereocenters. The lowest BCUT2D eigenvalue weighted by Gasteiger charge is -2.09. The van der Waals surface area contributed by atoms with Crippen molar-refractivity contribution in [3.63, 3.8) is 0 Å². The van der Waals surface area contributed by atoms with E-state index < -0.39 is 11.9 Å². The summed E-state index contributed by atoms with van der Waals surface area (Å²) in [7, 11) is 2.48. The molecule has 26 heavy (non-hydrogen) atoms. The fourth-order valence-corrected chi connectivity index (χ4v) is 3.25. The average molecular weight is 368 g/mol. The largest absolute Gasteiger partial charge is 0.466 e. The van der Waals surface area contributed by atoms with Gasteiger partial charge >= 0.3 is 11.9 Å². The van der Waals surface area contributed by atoms with Crippen molar-refractivity contribution in [2.24, 2.45) is 0 Å². The van der Waals surface area contributed by atoms with E-state index in [0.29, 0.717) is 5.69 Å². The van der Waals surface area contributed by atoms with Crippen molar-refractivity contribution in [2.75, 3.05) is 19.5 Å². The molecule has 3 rings (SSSR count). The number of hydrogen-bond acceptors (Lipinski definition) is 7. The number of rotatable bonds is 5. The van der Waals surface area contributed by atoms with Crippen molar-refractivity contribution in [3.8, 4) is 10.6 Å². The molecular weight excluding hydrogens is 352 g/mol. The zero-order valence-corrected chi connectivity index (χ0v) is 15.0. The molecule has 0 saturated carbocycles. The predicted octanol–water partition coefficient (Wildman–Crippen LogP) is 3.61. The number of fused-ring (bicyclic) bond motifs is 1. The Labute approximate surface area is 154 Å². The van der Waals surface area contributed by atoms with Crippen LogP contribution in [0.3, 0.4) is 0 Å². The van der Waals surface area contributed by atoms with Gasteiger partial charge in [0.2, 0.25) is 0 Å². The van der Waals surface area contributed by atoms with Gasteiger partial charge in [0.25, 0.3) is 0 Å². The first-order valence-corrected chi connectivity index (χ1v) is 8.53. The van der Waals surface area contributed by atoms with Crippen LogP contribution >= 0.6 is 11.3 Å². The van der Waals surface area contributed by atoms with Crippen LogP contribution in [0.4, 0.5) is 5.69 Å². The van der Waals surface area contributed by atoms with E-state index in [-0.39, 0.29) is 5.70 Å². The number of nitrogens with one attached hydrogen (secondary N) is 1. The van der Waals surface area contributed by atoms with E-state index in [2.05, 4.69) is 19.8 Å². The van der Waals surface area contributed by atoms with Crippen LogP contribution in [0.25, 0.3) is 20.8 Å². The minimum absolute atomic E-state index is 0.00733. The molecule has 7 heteroatoms. The number of ether oxygens (including phenoxy) is 2. The SMILES string of the molecule is COC(=O)/C=C(/Nc1ccc(-c2nc3ccccc3s2)cc1)C(=O)OC. The number of para-hydroxylation sites is 1. The Morgan fingerprint density at radius 1 is 1.04 bits per heavy atom. The highest BCUT2D eigenvalue weighted by atomic mass is 32.1. The molecule has 0 aliphatic heterocycles. The third kappa shape index (κ3) is 3.89. The van der Waals surface area contributed by atoms with Crippen LogP contribution < -0.4 is 5.32 Å². The molecule has 1 heterocycles. The van der Waals surface area contributed by atoms with Gasteiger partial charge in [-0.25, -0.2) is 14.6 Å². The normalized spacial score (nSPS) is 11.2. The zero-order chi connectivity index (χ0) is 18.5. The fourth-order valence-electron chi connectivity index (χ4n) is 2.28. The summed E-state index contributed by atoms with van der Waals surface area (Å²) in [5.41, 5.74) is 2.56. The molecule has 0 radical (unpaired) electrons. The molecule has 0 fully saturated rings. The molecular formula is C19H16N2O4S. The van der Waals surface area contributed by atoms with Gasteiger partial charge in [-0.3, -0.25) is 0 Å². The maximum atomic E-state index is 11.8. The molecule has 1 aromatic heterocycles. The third-order valence-corrected chi connectivity index (χ3v) is 4.66. The number of nitrogens with zero attached hydrogens (tertiary/aromatic N) is 1. The van der Waals surface area contributed by atoms with Gasteiger partial charge < -0.3 is 14.8 Å². The van der Waals surface area contributed by atoms with Gasteiger partial charge in [-0.2, -0.15) is 0 Å². The lowest BCUT2D eigenvalue weighted by molar-refractivity contribution is -0.138. The third-order valence-electron chi connectivity index (χ3n) is 3.57. The summed E-state index contributed by atoms with van der Waals surface area (Å²) < 4.78 is 10.3. The number of anilines is 1. The molecule has 0 atom stereocenters. The molecule has 2 aromatic carbocycles. The summed E-state index contributed by atoms with van der Waals surface area (Å²) >= 11 is 1.61. The van der Waals surface area contributed by atoms with Crippen molar-refractivity contribution in [1.82, 2.24) is 4.98 Å². The van der Waals surface area contributed by atoms with E-state index in [4.69, 9.17) is 0 Å². The number of esters is 2. The summed E-state index contributed by atoms with van der Waals surface area (Å²) in [6.07, 6.45) is 1.05. The number of thiazole rings is 1. The zero-order valence-electron chi connectivity index (χ0n) is 14.2. The first-order valence-electron chi connectivity index (χ1n) is 7.71. The number of carbonyl (C=O) groups is 2. The lowest BCUT2D eigenvalue weighted by atomic mass is 10.2. The molecule has 6 nitrogen and oxygen atoms in total. The highest BCUT2D eigenvalue weighted by Crippen LogP contribution is 2.30. The van der Waals surface area contributed by atoms with E-state index in [1.807, 2.05) is 36.4 Å². The maximum absolute atomic E-state index is 11.8. The number of methoxy groups -OCH3 is 2. The van der Waals surface area contributed by atoms with E-state index in [0.717, 1.165) is 26.9 Å². The van der Waals surface area contributed by atoms with Crippen LogP contribution in [0.1, 0.15) is 0 Å². The smallest absolute Gasteiger partial charge is 0.354 e. The molecule has 0 aliphatic carbocycles. The van der Waals surface area contributed by atoms with E-state index in [1.165, 1.54) is 14.2 Å². The van der Waals surface area contributed by atoms with Crippen molar-refractivity contribution in [2.45, 2.75) is 0 Å². The summed E-state index contributed by atoms with van der Waals surface area (Å²) in [6.45, 7) is 0. The van der Waals surface area contributed by atoms with Crippen LogP contribution in [-0.4, -0.2) is 31.1 Å². The van der Waals surface area contributed by atoms with Gasteiger partial charge in [-0.05, 0) is 36.4 Å². The topological polar surface area (TPSA) is 77.5 Å². The van der Waals surface area contributed by atoms with E-state index in [9.17, 15) is 9.59 Å². The summed E-state index contributed by atoms with van der Waals surface area (Å²) in [5.74, 6) is -1.31. The monoisotopic (exact) mass is 368 g/mol. The Kier molecular flexibility index (Phi) is 5.28. The van der Waals surface area contributed by atoms with Crippen LogP contribution in [0.15, 0.2) is 60.3 Å². The van der Waals surface area contributed by atoms with Gasteiger partial charge in [-0.15, -0.1) is 11.3 Å². The van der Waals surface area contributed by atoms with Crippen molar-refractivity contribution in [1.29, 1.82) is 0 Å². The first-order chi connectivity index (χ1) is 12.6. The number of carbonyl (C=O) groups excluding carboxylic acids is 2. The van der Waals surface area contributed by atoms with Crippen LogP contribution in [-0.2, 0) is 19.1 Å². The molecule has 132 valence electrons. The van der Waals surface area contributed by atoms with Crippen LogP contribution in [0.2, 0.25) is 0 Å². The number of benzene rings is 2. The van der Waals surface area contributed by atoms with Crippen molar-refractivity contribution < 1.29 is 19.1 Å². The van der Waals surface area contributed by atoms with Gasteiger partial charge in [-0.1, -0.05) is 12.1 Å². The van der Waals surface area contributed by atoms with Crippen LogP contribution in [0.5, 0.6) is 0 Å². The highest BCUT2D eigenvalue weighted by Gasteiger charge is 2.13. The quantitative estimate of drug-likeness (QED) is 0.548. The Bertz CT molecular complexity index is 944. The molecule has 3 aromatic rings. The second-order valence-corrected chi connectivity index (χ2v) is 6.29. The maximum Gasteiger partial charge on any atom is 0.354 e. The average Bonchev–Trinajstić information content (AvgIpc) is 3.11. The summed E-state index contributed by atoms with van der Waals surface area (Å²) in [4.78, 5) is 27.8.